The number of hydrogen-bond donors (Lipinski definition) is 1. The molecule has 66 valence electrons. The average molecular weight is 211 g/mol. The number of nitrogens with zero attached hydrogens (tertiary/aromatic N) is 4. The summed E-state index contributed by atoms with van der Waals surface area (Å²) in [4.78, 5) is 12.0. The standard InChI is InChI=1S/C6H5N5S2/c7-4-1-8-2-5(11-4)12-6-9-3-10-13-6/h1-3H,(H2,7,11). The highest BCUT2D eigenvalue weighted by Gasteiger charge is 2.02. The lowest BCUT2D eigenvalue weighted by atomic mass is 10.7. The molecule has 2 aromatic heterocycles. The van der Waals surface area contributed by atoms with Gasteiger partial charge in [0.1, 0.15) is 17.2 Å². The maximum absolute atomic E-state index is 5.47. The fourth-order valence-electron chi connectivity index (χ4n) is 0.709. The van der Waals surface area contributed by atoms with Gasteiger partial charge in [0.2, 0.25) is 0 Å². The molecule has 0 fully saturated rings. The monoisotopic (exact) mass is 211 g/mol. The van der Waals surface area contributed by atoms with Gasteiger partial charge in [0.15, 0.2) is 4.34 Å². The Kier molecular flexibility index (Phi) is 2.37. The first-order valence-electron chi connectivity index (χ1n) is 3.36. The molecule has 0 atom stereocenters. The van der Waals surface area contributed by atoms with Crippen molar-refractivity contribution < 1.29 is 0 Å². The summed E-state index contributed by atoms with van der Waals surface area (Å²) in [6.45, 7) is 0. The predicted octanol–water partition coefficient (Wildman–Crippen LogP) is 1.06. The number of nitrogens with two attached hydrogens (primary N) is 1. The van der Waals surface area contributed by atoms with Crippen LogP contribution in [0, 0.1) is 0 Å². The molecule has 5 nitrogen and oxygen atoms in total. The topological polar surface area (TPSA) is 77.6 Å². The van der Waals surface area contributed by atoms with Crippen molar-refractivity contribution in [2.45, 2.75) is 9.37 Å². The van der Waals surface area contributed by atoms with Gasteiger partial charge < -0.3 is 5.73 Å². The molecule has 0 aliphatic carbocycles. The van der Waals surface area contributed by atoms with Crippen LogP contribution in [0.15, 0.2) is 28.1 Å². The molecule has 2 aromatic rings. The normalized spacial score (nSPS) is 10.2. The molecule has 0 aliphatic heterocycles. The second-order valence-corrected chi connectivity index (χ2v) is 4.14. The van der Waals surface area contributed by atoms with E-state index >= 15 is 0 Å². The Morgan fingerprint density at radius 1 is 1.38 bits per heavy atom. The summed E-state index contributed by atoms with van der Waals surface area (Å²) >= 11 is 2.72. The van der Waals surface area contributed by atoms with Crippen LogP contribution in [0.5, 0.6) is 0 Å². The Morgan fingerprint density at radius 2 is 2.31 bits per heavy atom. The van der Waals surface area contributed by atoms with Crippen molar-refractivity contribution in [1.29, 1.82) is 0 Å². The van der Waals surface area contributed by atoms with E-state index in [1.54, 1.807) is 6.20 Å². The lowest BCUT2D eigenvalue weighted by Crippen LogP contribution is -1.91. The third-order valence-electron chi connectivity index (χ3n) is 1.16. The predicted molar refractivity (Wildman–Crippen MR) is 50.5 cm³/mol. The van der Waals surface area contributed by atoms with Crippen LogP contribution < -0.4 is 5.73 Å². The molecular formula is C6H5N5S2. The van der Waals surface area contributed by atoms with E-state index in [2.05, 4.69) is 19.3 Å². The molecule has 0 saturated heterocycles. The average Bonchev–Trinajstić information content (AvgIpc) is 2.57. The van der Waals surface area contributed by atoms with Crippen LogP contribution in [0.4, 0.5) is 5.82 Å². The van der Waals surface area contributed by atoms with E-state index in [-0.39, 0.29) is 0 Å². The third-order valence-corrected chi connectivity index (χ3v) is 2.78. The molecule has 7 heteroatoms. The van der Waals surface area contributed by atoms with Gasteiger partial charge in [0.05, 0.1) is 12.4 Å². The summed E-state index contributed by atoms with van der Waals surface area (Å²) in [6.07, 6.45) is 4.65. The SMILES string of the molecule is Nc1cncc(Sc2ncns2)n1. The minimum Gasteiger partial charge on any atom is -0.382 e. The Morgan fingerprint density at radius 3 is 3.00 bits per heavy atom. The first-order valence-corrected chi connectivity index (χ1v) is 4.95. The maximum atomic E-state index is 5.47. The highest BCUT2D eigenvalue weighted by Crippen LogP contribution is 2.25. The first kappa shape index (κ1) is 8.39. The molecule has 0 amide bonds. The van der Waals surface area contributed by atoms with Gasteiger partial charge >= 0.3 is 0 Å². The summed E-state index contributed by atoms with van der Waals surface area (Å²) < 4.78 is 4.70. The lowest BCUT2D eigenvalue weighted by molar-refractivity contribution is 1.06. The molecule has 0 saturated carbocycles. The van der Waals surface area contributed by atoms with Crippen molar-refractivity contribution in [3.63, 3.8) is 0 Å². The summed E-state index contributed by atoms with van der Waals surface area (Å²) in [6, 6.07) is 0. The lowest BCUT2D eigenvalue weighted by Gasteiger charge is -1.95. The first-order chi connectivity index (χ1) is 6.34. The van der Waals surface area contributed by atoms with Crippen LogP contribution in [0.25, 0.3) is 0 Å². The summed E-state index contributed by atoms with van der Waals surface area (Å²) in [7, 11) is 0. The summed E-state index contributed by atoms with van der Waals surface area (Å²) in [5, 5.41) is 0.733. The van der Waals surface area contributed by atoms with Crippen molar-refractivity contribution >= 4 is 29.1 Å². The molecule has 2 heterocycles. The Hall–Kier alpha value is -1.21. The third kappa shape index (κ3) is 2.13. The van der Waals surface area contributed by atoms with E-state index < -0.39 is 0 Å². The molecule has 2 rings (SSSR count). The maximum Gasteiger partial charge on any atom is 0.176 e. The van der Waals surface area contributed by atoms with Gasteiger partial charge in [-0.3, -0.25) is 4.98 Å². The van der Waals surface area contributed by atoms with Crippen LogP contribution >= 0.6 is 23.3 Å². The Balaban J connectivity index is 2.19. The van der Waals surface area contributed by atoms with Crippen LogP contribution in [0.1, 0.15) is 0 Å². The molecule has 0 spiro atoms. The van der Waals surface area contributed by atoms with E-state index in [1.807, 2.05) is 0 Å². The molecule has 0 radical (unpaired) electrons. The molecule has 0 aromatic carbocycles. The number of nitrogen functional groups attached to an aromatic ring is 1. The Bertz CT molecular complexity index is 388. The van der Waals surface area contributed by atoms with Gasteiger partial charge in [-0.05, 0) is 23.3 Å². The van der Waals surface area contributed by atoms with Crippen LogP contribution in [0.3, 0.4) is 0 Å². The fourth-order valence-corrected chi connectivity index (χ4v) is 2.07. The van der Waals surface area contributed by atoms with Crippen molar-refractivity contribution in [3.8, 4) is 0 Å². The smallest absolute Gasteiger partial charge is 0.176 e. The number of anilines is 1. The molecule has 2 N–H and O–H groups in total. The van der Waals surface area contributed by atoms with E-state index in [0.29, 0.717) is 5.82 Å². The van der Waals surface area contributed by atoms with Gasteiger partial charge in [-0.15, -0.1) is 0 Å². The zero-order valence-electron chi connectivity index (χ0n) is 6.41. The van der Waals surface area contributed by atoms with Crippen molar-refractivity contribution in [1.82, 2.24) is 19.3 Å². The van der Waals surface area contributed by atoms with Gasteiger partial charge in [-0.1, -0.05) is 0 Å². The van der Waals surface area contributed by atoms with Crippen LogP contribution in [0.2, 0.25) is 0 Å². The number of rotatable bonds is 2. The number of hydrogen-bond acceptors (Lipinski definition) is 7. The molecule has 13 heavy (non-hydrogen) atoms. The molecular weight excluding hydrogens is 206 g/mol. The van der Waals surface area contributed by atoms with E-state index in [9.17, 15) is 0 Å². The van der Waals surface area contributed by atoms with Crippen molar-refractivity contribution in [3.05, 3.63) is 18.7 Å². The number of aromatic nitrogens is 4. The van der Waals surface area contributed by atoms with Crippen molar-refractivity contribution in [2.75, 3.05) is 5.73 Å². The Labute approximate surface area is 82.6 Å². The second-order valence-electron chi connectivity index (χ2n) is 2.09. The van der Waals surface area contributed by atoms with Crippen LogP contribution in [-0.4, -0.2) is 19.3 Å². The highest BCUT2D eigenvalue weighted by molar-refractivity contribution is 8.00. The molecule has 0 bridgehead atoms. The van der Waals surface area contributed by atoms with Crippen LogP contribution in [-0.2, 0) is 0 Å². The summed E-state index contributed by atoms with van der Waals surface area (Å²) in [5.74, 6) is 0.412. The minimum absolute atomic E-state index is 0.412. The fraction of sp³-hybridized carbons (Fsp3) is 0. The molecule has 0 unspecified atom stereocenters. The second kappa shape index (κ2) is 3.67. The quantitative estimate of drug-likeness (QED) is 0.800. The minimum atomic E-state index is 0.412. The van der Waals surface area contributed by atoms with E-state index in [4.69, 9.17) is 5.73 Å². The van der Waals surface area contributed by atoms with E-state index in [1.165, 1.54) is 35.8 Å². The van der Waals surface area contributed by atoms with Crippen molar-refractivity contribution in [2.24, 2.45) is 0 Å². The van der Waals surface area contributed by atoms with E-state index in [0.717, 1.165) is 9.37 Å². The molecule has 0 aliphatic rings. The zero-order valence-corrected chi connectivity index (χ0v) is 8.05. The van der Waals surface area contributed by atoms with Gasteiger partial charge in [0, 0.05) is 0 Å². The largest absolute Gasteiger partial charge is 0.382 e. The van der Waals surface area contributed by atoms with Gasteiger partial charge in [-0.2, -0.15) is 4.37 Å². The van der Waals surface area contributed by atoms with Gasteiger partial charge in [0.25, 0.3) is 0 Å². The highest BCUT2D eigenvalue weighted by atomic mass is 32.2. The summed E-state index contributed by atoms with van der Waals surface area (Å²) in [5.41, 5.74) is 5.47. The van der Waals surface area contributed by atoms with Gasteiger partial charge in [-0.25, -0.2) is 9.97 Å². The zero-order chi connectivity index (χ0) is 9.10.